The largest absolute Gasteiger partial charge is 0.450 e. The molecule has 0 bridgehead atoms. The van der Waals surface area contributed by atoms with Gasteiger partial charge in [-0.15, -0.1) is 0 Å². The number of hydrogen-bond acceptors (Lipinski definition) is 4. The third-order valence-corrected chi connectivity index (χ3v) is 5.29. The van der Waals surface area contributed by atoms with Crippen LogP contribution in [-0.4, -0.2) is 41.3 Å². The zero-order chi connectivity index (χ0) is 17.6. The van der Waals surface area contributed by atoms with E-state index < -0.39 is 17.5 Å². The summed E-state index contributed by atoms with van der Waals surface area (Å²) >= 11 is 0. The second kappa shape index (κ2) is 5.72. The van der Waals surface area contributed by atoms with E-state index in [1.54, 1.807) is 4.90 Å². The van der Waals surface area contributed by atoms with Crippen LogP contribution in [0, 0.1) is 20.8 Å². The maximum Gasteiger partial charge on any atom is 0.322 e. The van der Waals surface area contributed by atoms with Crippen molar-refractivity contribution in [2.45, 2.75) is 52.1 Å². The highest BCUT2D eigenvalue weighted by Crippen LogP contribution is 2.42. The first-order chi connectivity index (χ1) is 11.2. The van der Waals surface area contributed by atoms with E-state index in [0.29, 0.717) is 25.9 Å². The van der Waals surface area contributed by atoms with Gasteiger partial charge in [-0.3, -0.25) is 14.4 Å². The first-order valence-corrected chi connectivity index (χ1v) is 8.35. The Balaban J connectivity index is 1.93. The molecule has 0 saturated carbocycles. The lowest BCUT2D eigenvalue weighted by Crippen LogP contribution is -2.49. The minimum Gasteiger partial charge on any atom is -0.450 e. The molecule has 1 aromatic carbocycles. The Kier molecular flexibility index (Phi) is 3.98. The van der Waals surface area contributed by atoms with E-state index in [1.165, 1.54) is 6.92 Å². The summed E-state index contributed by atoms with van der Waals surface area (Å²) in [6, 6.07) is 3.98. The number of carbonyl (C=O) groups is 3. The molecule has 0 N–H and O–H groups in total. The van der Waals surface area contributed by atoms with Crippen molar-refractivity contribution >= 4 is 17.7 Å². The average molecular weight is 329 g/mol. The van der Waals surface area contributed by atoms with Gasteiger partial charge in [0.1, 0.15) is 5.92 Å². The van der Waals surface area contributed by atoms with Gasteiger partial charge in [-0.25, -0.2) is 0 Å². The number of nitrogens with zero attached hydrogens (tertiary/aromatic N) is 1. The maximum atomic E-state index is 13.1. The monoisotopic (exact) mass is 329 g/mol. The number of hydrogen-bond donors (Lipinski definition) is 0. The predicted octanol–water partition coefficient (Wildman–Crippen LogP) is 2.20. The van der Waals surface area contributed by atoms with Gasteiger partial charge in [-0.1, -0.05) is 17.7 Å². The van der Waals surface area contributed by atoms with Crippen LogP contribution in [0.2, 0.25) is 0 Å². The summed E-state index contributed by atoms with van der Waals surface area (Å²) in [5.74, 6) is -1.45. The van der Waals surface area contributed by atoms with Gasteiger partial charge < -0.3 is 9.64 Å². The van der Waals surface area contributed by atoms with Crippen molar-refractivity contribution < 1.29 is 19.1 Å². The number of likely N-dealkylation sites (tertiary alicyclic amines) is 1. The molecule has 1 atom stereocenters. The summed E-state index contributed by atoms with van der Waals surface area (Å²) in [7, 11) is 0. The number of carbonyl (C=O) groups excluding carboxylic acids is 3. The minimum absolute atomic E-state index is 0.0107. The van der Waals surface area contributed by atoms with Crippen LogP contribution in [0.1, 0.15) is 47.9 Å². The van der Waals surface area contributed by atoms with Crippen molar-refractivity contribution in [1.29, 1.82) is 0 Å². The number of rotatable bonds is 1. The molecule has 2 heterocycles. The number of ether oxygens (including phenoxy) is 1. The summed E-state index contributed by atoms with van der Waals surface area (Å²) in [6.07, 6.45) is 0.773. The normalized spacial score (nSPS) is 22.8. The fourth-order valence-electron chi connectivity index (χ4n) is 4.10. The van der Waals surface area contributed by atoms with Crippen molar-refractivity contribution in [3.8, 4) is 0 Å². The number of esters is 1. The molecule has 2 saturated heterocycles. The van der Waals surface area contributed by atoms with Crippen LogP contribution in [0.25, 0.3) is 0 Å². The lowest BCUT2D eigenvalue weighted by Gasteiger charge is -2.36. The smallest absolute Gasteiger partial charge is 0.322 e. The van der Waals surface area contributed by atoms with Crippen LogP contribution in [-0.2, 0) is 19.1 Å². The third-order valence-electron chi connectivity index (χ3n) is 5.29. The van der Waals surface area contributed by atoms with E-state index in [1.807, 2.05) is 32.9 Å². The number of aryl methyl sites for hydroxylation is 3. The maximum absolute atomic E-state index is 13.1. The lowest BCUT2D eigenvalue weighted by molar-refractivity contribution is -0.157. The summed E-state index contributed by atoms with van der Waals surface area (Å²) in [4.78, 5) is 38.8. The van der Waals surface area contributed by atoms with E-state index >= 15 is 0 Å². The van der Waals surface area contributed by atoms with Crippen molar-refractivity contribution in [2.24, 2.45) is 0 Å². The fraction of sp³-hybridized carbons (Fsp3) is 0.526. The van der Waals surface area contributed by atoms with Crippen LogP contribution >= 0.6 is 0 Å². The van der Waals surface area contributed by atoms with E-state index in [4.69, 9.17) is 4.74 Å². The molecule has 24 heavy (non-hydrogen) atoms. The third kappa shape index (κ3) is 2.52. The van der Waals surface area contributed by atoms with Gasteiger partial charge in [0.2, 0.25) is 5.91 Å². The number of ketones is 1. The highest BCUT2D eigenvalue weighted by Gasteiger charge is 2.57. The number of benzene rings is 1. The molecule has 1 unspecified atom stereocenters. The summed E-state index contributed by atoms with van der Waals surface area (Å²) in [5, 5.41) is 0. The molecule has 1 amide bonds. The summed E-state index contributed by atoms with van der Waals surface area (Å²) in [5.41, 5.74) is 2.72. The molecular weight excluding hydrogens is 306 g/mol. The quantitative estimate of drug-likeness (QED) is 0.585. The molecule has 3 rings (SSSR count). The predicted molar refractivity (Wildman–Crippen MR) is 88.7 cm³/mol. The molecule has 0 radical (unpaired) electrons. The molecule has 5 nitrogen and oxygen atoms in total. The minimum atomic E-state index is -1.06. The highest BCUT2D eigenvalue weighted by molar-refractivity contribution is 6.14. The molecule has 1 aromatic rings. The van der Waals surface area contributed by atoms with E-state index in [0.717, 1.165) is 22.3 Å². The topological polar surface area (TPSA) is 63.7 Å². The summed E-state index contributed by atoms with van der Waals surface area (Å²) < 4.78 is 5.61. The molecule has 0 aliphatic carbocycles. The van der Waals surface area contributed by atoms with Crippen molar-refractivity contribution in [3.05, 3.63) is 34.4 Å². The number of Topliss-reactive ketones (excluding diaryl/α,β-unsaturated/α-hetero) is 1. The Bertz CT molecular complexity index is 706. The van der Waals surface area contributed by atoms with Gasteiger partial charge in [0, 0.05) is 32.9 Å². The number of piperidine rings is 1. The lowest BCUT2D eigenvalue weighted by atomic mass is 9.79. The van der Waals surface area contributed by atoms with Crippen LogP contribution in [0.3, 0.4) is 0 Å². The fourth-order valence-corrected chi connectivity index (χ4v) is 4.10. The van der Waals surface area contributed by atoms with Gasteiger partial charge in [-0.2, -0.15) is 0 Å². The van der Waals surface area contributed by atoms with Crippen LogP contribution in [0.15, 0.2) is 12.1 Å². The highest BCUT2D eigenvalue weighted by atomic mass is 16.6. The van der Waals surface area contributed by atoms with E-state index in [9.17, 15) is 14.4 Å². The molecular formula is C19H23NO4. The van der Waals surface area contributed by atoms with Crippen LogP contribution in [0.4, 0.5) is 0 Å². The molecule has 2 aliphatic rings. The number of amides is 1. The van der Waals surface area contributed by atoms with Crippen molar-refractivity contribution in [2.75, 3.05) is 13.1 Å². The first kappa shape index (κ1) is 16.7. The van der Waals surface area contributed by atoms with E-state index in [-0.39, 0.29) is 11.7 Å². The Morgan fingerprint density at radius 2 is 1.67 bits per heavy atom. The Labute approximate surface area is 142 Å². The molecule has 2 aliphatic heterocycles. The Morgan fingerprint density at radius 3 is 2.17 bits per heavy atom. The summed E-state index contributed by atoms with van der Waals surface area (Å²) in [6.45, 7) is 8.28. The zero-order valence-corrected chi connectivity index (χ0v) is 14.6. The second-order valence-corrected chi connectivity index (χ2v) is 7.03. The van der Waals surface area contributed by atoms with Gasteiger partial charge in [0.25, 0.3) is 0 Å². The zero-order valence-electron chi connectivity index (χ0n) is 14.6. The van der Waals surface area contributed by atoms with E-state index in [2.05, 4.69) is 0 Å². The molecule has 128 valence electrons. The molecule has 1 spiro atoms. The standard InChI is InChI=1S/C19H23NO4/c1-11-9-12(2)15(13(3)10-11)16-17(22)19(24-18(16)23)5-7-20(8-6-19)14(4)21/h9-10,16H,5-8H2,1-4H3. The van der Waals surface area contributed by atoms with Crippen LogP contribution < -0.4 is 0 Å². The van der Waals surface area contributed by atoms with Gasteiger partial charge in [0.15, 0.2) is 11.4 Å². The Hall–Kier alpha value is -2.17. The first-order valence-electron chi connectivity index (χ1n) is 8.35. The average Bonchev–Trinajstić information content (AvgIpc) is 2.71. The second-order valence-electron chi connectivity index (χ2n) is 7.03. The van der Waals surface area contributed by atoms with Gasteiger partial charge in [-0.05, 0) is 37.5 Å². The SMILES string of the molecule is CC(=O)N1CCC2(CC1)OC(=O)C(c1c(C)cc(C)cc1C)C2=O. The van der Waals surface area contributed by atoms with Crippen molar-refractivity contribution in [3.63, 3.8) is 0 Å². The van der Waals surface area contributed by atoms with Gasteiger partial charge >= 0.3 is 5.97 Å². The molecule has 2 fully saturated rings. The van der Waals surface area contributed by atoms with Gasteiger partial charge in [0.05, 0.1) is 0 Å². The molecule has 5 heteroatoms. The van der Waals surface area contributed by atoms with Crippen molar-refractivity contribution in [1.82, 2.24) is 4.90 Å². The Morgan fingerprint density at radius 1 is 1.12 bits per heavy atom. The van der Waals surface area contributed by atoms with Crippen LogP contribution in [0.5, 0.6) is 0 Å². The molecule has 0 aromatic heterocycles.